The summed E-state index contributed by atoms with van der Waals surface area (Å²) >= 11 is 0. The number of carbonyl (C=O) groups excluding carboxylic acids is 2. The number of aliphatic hydroxyl groups excluding tert-OH is 1. The minimum atomic E-state index is -0.813. The Balaban J connectivity index is 1.52. The second kappa shape index (κ2) is 8.78. The lowest BCUT2D eigenvalue weighted by Crippen LogP contribution is -2.31. The summed E-state index contributed by atoms with van der Waals surface area (Å²) in [5, 5.41) is 11.2. The summed E-state index contributed by atoms with van der Waals surface area (Å²) in [6, 6.07) is 10.1. The molecule has 174 valence electrons. The average molecular weight is 461 g/mol. The molecule has 1 fully saturated rings. The highest BCUT2D eigenvalue weighted by atomic mass is 19.1. The van der Waals surface area contributed by atoms with Crippen molar-refractivity contribution in [1.82, 2.24) is 14.5 Å². The van der Waals surface area contributed by atoms with E-state index >= 15 is 0 Å². The molecular formula is C26H24FN3O4. The van der Waals surface area contributed by atoms with Gasteiger partial charge in [0.05, 0.1) is 17.9 Å². The molecule has 1 amide bonds. The Kier molecular flexibility index (Phi) is 5.65. The van der Waals surface area contributed by atoms with Gasteiger partial charge in [-0.15, -0.1) is 0 Å². The normalized spacial score (nSPS) is 21.1. The molecule has 2 atom stereocenters. The van der Waals surface area contributed by atoms with Crippen molar-refractivity contribution in [3.8, 4) is 5.75 Å². The van der Waals surface area contributed by atoms with Crippen LogP contribution in [0.1, 0.15) is 36.1 Å². The Morgan fingerprint density at radius 2 is 1.97 bits per heavy atom. The fourth-order valence-electron chi connectivity index (χ4n) is 4.67. The van der Waals surface area contributed by atoms with Crippen LogP contribution < -0.4 is 4.74 Å². The van der Waals surface area contributed by atoms with Gasteiger partial charge in [0.1, 0.15) is 23.4 Å². The Morgan fingerprint density at radius 1 is 1.18 bits per heavy atom. The van der Waals surface area contributed by atoms with E-state index in [-0.39, 0.29) is 24.0 Å². The number of benzene rings is 2. The molecule has 0 spiro atoms. The number of likely N-dealkylation sites (tertiary alicyclic amines) is 1. The first kappa shape index (κ1) is 21.9. The Hall–Kier alpha value is -3.94. The van der Waals surface area contributed by atoms with Gasteiger partial charge in [0, 0.05) is 37.5 Å². The number of amides is 1. The van der Waals surface area contributed by atoms with Crippen molar-refractivity contribution in [3.05, 3.63) is 89.3 Å². The number of Topliss-reactive ketones (excluding diaryl/α,β-unsaturated/α-hetero) is 1. The van der Waals surface area contributed by atoms with E-state index in [1.54, 1.807) is 42.9 Å². The number of ketones is 1. The molecule has 0 radical (unpaired) electrons. The van der Waals surface area contributed by atoms with E-state index in [4.69, 9.17) is 4.74 Å². The zero-order valence-corrected chi connectivity index (χ0v) is 18.6. The van der Waals surface area contributed by atoms with Crippen molar-refractivity contribution >= 4 is 17.4 Å². The summed E-state index contributed by atoms with van der Waals surface area (Å²) in [5.74, 6) is -1.35. The van der Waals surface area contributed by atoms with E-state index in [0.717, 1.165) is 11.3 Å². The molecule has 1 N–H and O–H groups in total. The van der Waals surface area contributed by atoms with Crippen LogP contribution in [0.5, 0.6) is 5.75 Å². The molecule has 0 saturated carbocycles. The summed E-state index contributed by atoms with van der Waals surface area (Å²) in [6.07, 6.45) is 6.49. The number of fused-ring (bicyclic) bond motifs is 1. The Bertz CT molecular complexity index is 1270. The van der Waals surface area contributed by atoms with E-state index in [9.17, 15) is 19.1 Å². The molecule has 0 bridgehead atoms. The van der Waals surface area contributed by atoms with Gasteiger partial charge in [0.25, 0.3) is 11.7 Å². The van der Waals surface area contributed by atoms with Crippen molar-refractivity contribution in [3.63, 3.8) is 0 Å². The van der Waals surface area contributed by atoms with E-state index in [1.165, 1.54) is 17.0 Å². The fraction of sp³-hybridized carbons (Fsp3) is 0.269. The van der Waals surface area contributed by atoms with Crippen molar-refractivity contribution in [2.75, 3.05) is 6.54 Å². The highest BCUT2D eigenvalue weighted by Crippen LogP contribution is 2.40. The van der Waals surface area contributed by atoms with Crippen LogP contribution in [-0.2, 0) is 22.6 Å². The third-order valence-electron chi connectivity index (χ3n) is 6.27. The van der Waals surface area contributed by atoms with Gasteiger partial charge in [0.15, 0.2) is 0 Å². The number of hydrogen-bond donors (Lipinski definition) is 1. The number of nitrogens with zero attached hydrogens (tertiary/aromatic N) is 3. The summed E-state index contributed by atoms with van der Waals surface area (Å²) in [6.45, 7) is 2.86. The third-order valence-corrected chi connectivity index (χ3v) is 6.27. The number of aliphatic hydroxyl groups is 1. The lowest BCUT2D eigenvalue weighted by atomic mass is 9.94. The van der Waals surface area contributed by atoms with E-state index in [0.29, 0.717) is 30.5 Å². The van der Waals surface area contributed by atoms with Crippen LogP contribution in [-0.4, -0.2) is 43.9 Å². The highest BCUT2D eigenvalue weighted by molar-refractivity contribution is 6.46. The van der Waals surface area contributed by atoms with Crippen molar-refractivity contribution in [1.29, 1.82) is 0 Å². The molecular weight excluding hydrogens is 437 g/mol. The van der Waals surface area contributed by atoms with Crippen LogP contribution in [0.25, 0.3) is 5.76 Å². The number of rotatable bonds is 6. The smallest absolute Gasteiger partial charge is 0.295 e. The maximum atomic E-state index is 13.6. The number of hydrogen-bond acceptors (Lipinski definition) is 5. The van der Waals surface area contributed by atoms with Crippen molar-refractivity contribution in [2.24, 2.45) is 0 Å². The molecule has 34 heavy (non-hydrogen) atoms. The SMILES string of the molecule is C[C@H]1Cc2cc(C(O)=C3C(=O)C(=O)N(CCCn4ccnc4)[C@@H]3c3ccc(F)cc3)ccc2O1. The third kappa shape index (κ3) is 3.96. The molecule has 0 aliphatic carbocycles. The van der Waals surface area contributed by atoms with E-state index in [1.807, 2.05) is 17.7 Å². The molecule has 1 saturated heterocycles. The number of imidazole rings is 1. The predicted octanol–water partition coefficient (Wildman–Crippen LogP) is 3.86. The topological polar surface area (TPSA) is 84.7 Å². The molecule has 2 aliphatic heterocycles. The van der Waals surface area contributed by atoms with Crippen LogP contribution >= 0.6 is 0 Å². The molecule has 2 aliphatic rings. The first-order chi connectivity index (χ1) is 16.4. The lowest BCUT2D eigenvalue weighted by molar-refractivity contribution is -0.139. The molecule has 1 aromatic heterocycles. The monoisotopic (exact) mass is 461 g/mol. The first-order valence-electron chi connectivity index (χ1n) is 11.2. The molecule has 3 aromatic rings. The highest BCUT2D eigenvalue weighted by Gasteiger charge is 2.45. The maximum Gasteiger partial charge on any atom is 0.295 e. The van der Waals surface area contributed by atoms with E-state index in [2.05, 4.69) is 4.98 Å². The quantitative estimate of drug-likeness (QED) is 0.342. The molecule has 8 heteroatoms. The number of aromatic nitrogens is 2. The van der Waals surface area contributed by atoms with Gasteiger partial charge < -0.3 is 19.3 Å². The lowest BCUT2D eigenvalue weighted by Gasteiger charge is -2.25. The average Bonchev–Trinajstić information content (AvgIpc) is 3.53. The number of halogens is 1. The van der Waals surface area contributed by atoms with E-state index < -0.39 is 23.5 Å². The second-order valence-electron chi connectivity index (χ2n) is 8.65. The van der Waals surface area contributed by atoms with Gasteiger partial charge >= 0.3 is 0 Å². The van der Waals surface area contributed by atoms with Gasteiger partial charge in [-0.1, -0.05) is 12.1 Å². The Labute approximate surface area is 196 Å². The first-order valence-corrected chi connectivity index (χ1v) is 11.2. The Morgan fingerprint density at radius 3 is 2.71 bits per heavy atom. The van der Waals surface area contributed by atoms with Crippen LogP contribution in [0.2, 0.25) is 0 Å². The predicted molar refractivity (Wildman–Crippen MR) is 122 cm³/mol. The van der Waals surface area contributed by atoms with Crippen LogP contribution in [0.4, 0.5) is 4.39 Å². The molecule has 3 heterocycles. The van der Waals surface area contributed by atoms with Gasteiger partial charge in [-0.05, 0) is 54.8 Å². The van der Waals surface area contributed by atoms with Crippen LogP contribution in [0, 0.1) is 5.82 Å². The maximum absolute atomic E-state index is 13.6. The summed E-state index contributed by atoms with van der Waals surface area (Å²) in [5.41, 5.74) is 1.94. The zero-order valence-electron chi connectivity index (χ0n) is 18.6. The van der Waals surface area contributed by atoms with Crippen LogP contribution in [0.15, 0.2) is 66.8 Å². The summed E-state index contributed by atoms with van der Waals surface area (Å²) in [4.78, 5) is 31.6. The second-order valence-corrected chi connectivity index (χ2v) is 8.65. The number of aryl methyl sites for hydroxylation is 1. The fourth-order valence-corrected chi connectivity index (χ4v) is 4.67. The summed E-state index contributed by atoms with van der Waals surface area (Å²) in [7, 11) is 0. The largest absolute Gasteiger partial charge is 0.507 e. The minimum absolute atomic E-state index is 0.00570. The summed E-state index contributed by atoms with van der Waals surface area (Å²) < 4.78 is 21.2. The van der Waals surface area contributed by atoms with Gasteiger partial charge in [-0.2, -0.15) is 0 Å². The number of carbonyl (C=O) groups is 2. The van der Waals surface area contributed by atoms with Gasteiger partial charge in [-0.25, -0.2) is 9.37 Å². The molecule has 5 rings (SSSR count). The van der Waals surface area contributed by atoms with Gasteiger partial charge in [-0.3, -0.25) is 9.59 Å². The number of ether oxygens (including phenoxy) is 1. The van der Waals surface area contributed by atoms with Gasteiger partial charge in [0.2, 0.25) is 0 Å². The van der Waals surface area contributed by atoms with Crippen molar-refractivity contribution in [2.45, 2.75) is 38.5 Å². The van der Waals surface area contributed by atoms with Crippen LogP contribution in [0.3, 0.4) is 0 Å². The molecule has 7 nitrogen and oxygen atoms in total. The van der Waals surface area contributed by atoms with Crippen molar-refractivity contribution < 1.29 is 23.8 Å². The zero-order chi connectivity index (χ0) is 23.8. The standard InChI is InChI=1S/C26H24FN3O4/c1-16-13-19-14-18(5-8-21(19)34-16)24(31)22-23(17-3-6-20(27)7-4-17)30(26(33)25(22)32)11-2-10-29-12-9-28-15-29/h3-9,12,14-16,23,31H,2,10-11,13H2,1H3/t16-,23+/m0/s1. The minimum Gasteiger partial charge on any atom is -0.507 e. The molecule has 2 aromatic carbocycles. The molecule has 0 unspecified atom stereocenters.